The topological polar surface area (TPSA) is 125 Å². The summed E-state index contributed by atoms with van der Waals surface area (Å²) in [6, 6.07) is 6.93. The van der Waals surface area contributed by atoms with Crippen LogP contribution in [0, 0.1) is 0 Å². The summed E-state index contributed by atoms with van der Waals surface area (Å²) < 4.78 is 0. The third-order valence-corrected chi connectivity index (χ3v) is 7.18. The fourth-order valence-corrected chi connectivity index (χ4v) is 4.92. The normalized spacial score (nSPS) is 25.0. The number of unbranched alkanes of at least 4 members (excludes halogenated alkanes) is 1. The van der Waals surface area contributed by atoms with Crippen molar-refractivity contribution in [3.05, 3.63) is 35.9 Å². The predicted octanol–water partition coefficient (Wildman–Crippen LogP) is 1.25. The molecule has 3 atom stereocenters. The second kappa shape index (κ2) is 12.0. The number of hydrogen-bond donors (Lipinski definition) is 3. The quantitative estimate of drug-likeness (QED) is 0.378. The van der Waals surface area contributed by atoms with E-state index in [1.807, 2.05) is 30.3 Å². The molecule has 0 unspecified atom stereocenters. The smallest absolute Gasteiger partial charge is 0.246 e. The van der Waals surface area contributed by atoms with Gasteiger partial charge in [0, 0.05) is 19.4 Å². The van der Waals surface area contributed by atoms with E-state index < -0.39 is 35.5 Å². The molecule has 0 radical (unpaired) electrons. The van der Waals surface area contributed by atoms with Crippen LogP contribution in [0.2, 0.25) is 0 Å². The lowest BCUT2D eigenvalue weighted by Gasteiger charge is -2.37. The van der Waals surface area contributed by atoms with Crippen molar-refractivity contribution in [2.75, 3.05) is 6.54 Å². The number of amides is 4. The highest BCUT2D eigenvalue weighted by molar-refractivity contribution is 5.99. The molecule has 2 fully saturated rings. The summed E-state index contributed by atoms with van der Waals surface area (Å²) in [5, 5.41) is 8.60. The second-order valence-corrected chi connectivity index (χ2v) is 9.34. The van der Waals surface area contributed by atoms with Crippen LogP contribution in [0.4, 0.5) is 0 Å². The Kier molecular flexibility index (Phi) is 9.01. The number of aldehydes is 1. The molecule has 2 heterocycles. The molecule has 0 saturated carbocycles. The molecule has 2 aliphatic heterocycles. The van der Waals surface area contributed by atoms with Crippen molar-refractivity contribution in [2.45, 2.75) is 88.9 Å². The van der Waals surface area contributed by atoms with Gasteiger partial charge in [0.05, 0.1) is 0 Å². The molecular weight excluding hydrogens is 448 g/mol. The first-order valence-electron chi connectivity index (χ1n) is 12.6. The van der Waals surface area contributed by atoms with Gasteiger partial charge in [0.2, 0.25) is 23.6 Å². The van der Waals surface area contributed by atoms with Gasteiger partial charge in [-0.05, 0) is 44.1 Å². The number of nitrogens with zero attached hydrogens (tertiary/aromatic N) is 1. The maximum atomic E-state index is 13.7. The van der Waals surface area contributed by atoms with Crippen LogP contribution in [0.1, 0.15) is 64.4 Å². The zero-order valence-corrected chi connectivity index (χ0v) is 20.5. The van der Waals surface area contributed by atoms with Gasteiger partial charge in [-0.25, -0.2) is 0 Å². The molecule has 0 aliphatic carbocycles. The molecule has 9 nitrogen and oxygen atoms in total. The van der Waals surface area contributed by atoms with Crippen molar-refractivity contribution in [3.8, 4) is 0 Å². The summed E-state index contributed by atoms with van der Waals surface area (Å²) in [6.07, 6.45) is 3.78. The number of carbonyl (C=O) groups excluding carboxylic acids is 5. The Morgan fingerprint density at radius 3 is 2.37 bits per heavy atom. The van der Waals surface area contributed by atoms with Crippen LogP contribution in [0.5, 0.6) is 0 Å². The second-order valence-electron chi connectivity index (χ2n) is 9.34. The first-order chi connectivity index (χ1) is 16.8. The number of rotatable bonds is 8. The molecule has 0 aromatic heterocycles. The molecule has 1 aromatic rings. The molecule has 4 amide bonds. The summed E-state index contributed by atoms with van der Waals surface area (Å²) in [6.45, 7) is 4.02. The average molecular weight is 485 g/mol. The molecule has 3 rings (SSSR count). The summed E-state index contributed by atoms with van der Waals surface area (Å²) in [5.74, 6) is -1.56. The standard InChI is InChI=1S/C26H36N4O5/c1-3-26(4-2)25(35)28-20(17-18-11-6-5-7-12-18)24(34)30-15-10-14-21(30)23(33)27-19(22(32)29-26)13-8-9-16-31/h5-7,11-12,16,19-21H,3-4,8-10,13-15,17H2,1-2H3,(H,27,33)(H,28,35)(H,29,32)/t19-,20-,21+/m0/s1. The summed E-state index contributed by atoms with van der Waals surface area (Å²) in [7, 11) is 0. The van der Waals surface area contributed by atoms with Crippen molar-refractivity contribution in [3.63, 3.8) is 0 Å². The Balaban J connectivity index is 1.98. The highest BCUT2D eigenvalue weighted by atomic mass is 16.2. The molecule has 1 aromatic carbocycles. The van der Waals surface area contributed by atoms with E-state index in [4.69, 9.17) is 0 Å². The summed E-state index contributed by atoms with van der Waals surface area (Å²) >= 11 is 0. The van der Waals surface area contributed by atoms with Gasteiger partial charge in [-0.3, -0.25) is 19.2 Å². The molecule has 2 aliphatic rings. The van der Waals surface area contributed by atoms with Crippen molar-refractivity contribution in [1.29, 1.82) is 0 Å². The minimum Gasteiger partial charge on any atom is -0.343 e. The minimum absolute atomic E-state index is 0.263. The molecule has 35 heavy (non-hydrogen) atoms. The summed E-state index contributed by atoms with van der Waals surface area (Å²) in [5.41, 5.74) is -0.347. The maximum Gasteiger partial charge on any atom is 0.246 e. The lowest BCUT2D eigenvalue weighted by molar-refractivity contribution is -0.145. The zero-order valence-electron chi connectivity index (χ0n) is 20.5. The lowest BCUT2D eigenvalue weighted by Crippen LogP contribution is -2.66. The van der Waals surface area contributed by atoms with Crippen molar-refractivity contribution >= 4 is 29.9 Å². The minimum atomic E-state index is -1.23. The van der Waals surface area contributed by atoms with E-state index in [2.05, 4.69) is 16.0 Å². The van der Waals surface area contributed by atoms with Gasteiger partial charge >= 0.3 is 0 Å². The first-order valence-corrected chi connectivity index (χ1v) is 12.6. The Bertz CT molecular complexity index is 931. The molecule has 2 saturated heterocycles. The third-order valence-electron chi connectivity index (χ3n) is 7.18. The number of hydrogen-bond acceptors (Lipinski definition) is 5. The summed E-state index contributed by atoms with van der Waals surface area (Å²) in [4.78, 5) is 66.2. The molecule has 0 bridgehead atoms. The van der Waals surface area contributed by atoms with Crippen LogP contribution in [0.3, 0.4) is 0 Å². The van der Waals surface area contributed by atoms with Gasteiger partial charge < -0.3 is 25.6 Å². The molecule has 190 valence electrons. The van der Waals surface area contributed by atoms with Crippen LogP contribution in [-0.4, -0.2) is 65.0 Å². The predicted molar refractivity (Wildman–Crippen MR) is 130 cm³/mol. The van der Waals surface area contributed by atoms with Crippen LogP contribution < -0.4 is 16.0 Å². The number of benzene rings is 1. The van der Waals surface area contributed by atoms with Gasteiger partial charge in [-0.1, -0.05) is 44.2 Å². The van der Waals surface area contributed by atoms with Gasteiger partial charge in [-0.2, -0.15) is 0 Å². The molecule has 0 spiro atoms. The van der Waals surface area contributed by atoms with E-state index in [-0.39, 0.29) is 31.1 Å². The Morgan fingerprint density at radius 1 is 1.00 bits per heavy atom. The number of nitrogens with one attached hydrogen (secondary N) is 3. The molecule has 9 heteroatoms. The fraction of sp³-hybridized carbons (Fsp3) is 0.577. The average Bonchev–Trinajstić information content (AvgIpc) is 3.36. The highest BCUT2D eigenvalue weighted by Crippen LogP contribution is 2.23. The van der Waals surface area contributed by atoms with Gasteiger partial charge in [0.1, 0.15) is 30.0 Å². The lowest BCUT2D eigenvalue weighted by atomic mass is 9.89. The molecule has 3 N–H and O–H groups in total. The Labute approximate surface area is 206 Å². The third kappa shape index (κ3) is 6.07. The van der Waals surface area contributed by atoms with Gasteiger partial charge in [0.15, 0.2) is 0 Å². The largest absolute Gasteiger partial charge is 0.343 e. The SMILES string of the molecule is CCC1(CC)NC(=O)[C@H](CCCC=O)NC(=O)[C@H]2CCCN2C(=O)[C@H](Cc2ccccc2)NC1=O. The highest BCUT2D eigenvalue weighted by Gasteiger charge is 2.44. The van der Waals surface area contributed by atoms with Gasteiger partial charge in [-0.15, -0.1) is 0 Å². The fourth-order valence-electron chi connectivity index (χ4n) is 4.92. The van der Waals surface area contributed by atoms with E-state index >= 15 is 0 Å². The van der Waals surface area contributed by atoms with Crippen LogP contribution >= 0.6 is 0 Å². The van der Waals surface area contributed by atoms with Crippen molar-refractivity contribution < 1.29 is 24.0 Å². The van der Waals surface area contributed by atoms with Gasteiger partial charge in [0.25, 0.3) is 0 Å². The van der Waals surface area contributed by atoms with E-state index in [1.54, 1.807) is 13.8 Å². The van der Waals surface area contributed by atoms with Crippen LogP contribution in [0.15, 0.2) is 30.3 Å². The number of fused-ring (bicyclic) bond motifs is 1. The Hall–Kier alpha value is -3.23. The van der Waals surface area contributed by atoms with E-state index in [0.717, 1.165) is 11.8 Å². The maximum absolute atomic E-state index is 13.7. The monoisotopic (exact) mass is 484 g/mol. The van der Waals surface area contributed by atoms with E-state index in [0.29, 0.717) is 38.6 Å². The van der Waals surface area contributed by atoms with Crippen molar-refractivity contribution in [2.24, 2.45) is 0 Å². The van der Waals surface area contributed by atoms with Crippen molar-refractivity contribution in [1.82, 2.24) is 20.9 Å². The zero-order chi connectivity index (χ0) is 25.4. The molecular formula is C26H36N4O5. The van der Waals surface area contributed by atoms with E-state index in [9.17, 15) is 24.0 Å². The van der Waals surface area contributed by atoms with Crippen LogP contribution in [0.25, 0.3) is 0 Å². The van der Waals surface area contributed by atoms with Crippen LogP contribution in [-0.2, 0) is 30.4 Å². The first kappa shape index (κ1) is 26.4. The van der Waals surface area contributed by atoms with E-state index in [1.165, 1.54) is 4.90 Å². The Morgan fingerprint density at radius 2 is 1.71 bits per heavy atom. The number of carbonyl (C=O) groups is 5.